The minimum absolute atomic E-state index is 0.0196. The van der Waals surface area contributed by atoms with Crippen LogP contribution in [0.3, 0.4) is 0 Å². The van der Waals surface area contributed by atoms with Crippen molar-refractivity contribution in [3.05, 3.63) is 119 Å². The van der Waals surface area contributed by atoms with Crippen molar-refractivity contribution in [3.8, 4) is 5.69 Å². The molecule has 4 aromatic rings. The molecule has 1 saturated heterocycles. The molecule has 2 atom stereocenters. The van der Waals surface area contributed by atoms with E-state index in [-0.39, 0.29) is 12.1 Å². The molecule has 0 radical (unpaired) electrons. The van der Waals surface area contributed by atoms with Crippen molar-refractivity contribution in [2.24, 2.45) is 0 Å². The van der Waals surface area contributed by atoms with Gasteiger partial charge in [-0.3, -0.25) is 4.98 Å². The monoisotopic (exact) mass is 466 g/mol. The van der Waals surface area contributed by atoms with Gasteiger partial charge in [0.25, 0.3) is 0 Å². The van der Waals surface area contributed by atoms with Gasteiger partial charge in [-0.2, -0.15) is 0 Å². The maximum absolute atomic E-state index is 5.88. The van der Waals surface area contributed by atoms with Gasteiger partial charge in [-0.05, 0) is 79.5 Å². The molecule has 2 aromatic carbocycles. The van der Waals surface area contributed by atoms with Gasteiger partial charge < -0.3 is 14.8 Å². The summed E-state index contributed by atoms with van der Waals surface area (Å²) in [4.78, 5) is 7.01. The molecule has 5 rings (SSSR count). The summed E-state index contributed by atoms with van der Waals surface area (Å²) in [5, 5.41) is 4.35. The Bertz CT molecular complexity index is 1280. The van der Waals surface area contributed by atoms with E-state index in [0.29, 0.717) is 0 Å². The fourth-order valence-corrected chi connectivity index (χ4v) is 5.36. The van der Waals surface area contributed by atoms with Gasteiger partial charge in [0.15, 0.2) is 5.11 Å². The summed E-state index contributed by atoms with van der Waals surface area (Å²) in [6.45, 7) is 7.33. The van der Waals surface area contributed by atoms with Crippen LogP contribution < -0.4 is 5.32 Å². The SMILES string of the molecule is CCc1ccc(-n2c(C)cc(C3C(c4ccccn4)NC(=S)N3Cc3ccccc3)c2C)cc1. The van der Waals surface area contributed by atoms with Gasteiger partial charge in [-0.15, -0.1) is 0 Å². The zero-order chi connectivity index (χ0) is 23.7. The maximum Gasteiger partial charge on any atom is 0.170 e. The Morgan fingerprint density at radius 1 is 0.912 bits per heavy atom. The van der Waals surface area contributed by atoms with E-state index in [1.54, 1.807) is 0 Å². The van der Waals surface area contributed by atoms with Gasteiger partial charge >= 0.3 is 0 Å². The van der Waals surface area contributed by atoms with Crippen LogP contribution in [0.4, 0.5) is 0 Å². The summed E-state index contributed by atoms with van der Waals surface area (Å²) in [5.41, 5.74) is 8.50. The van der Waals surface area contributed by atoms with Crippen molar-refractivity contribution < 1.29 is 0 Å². The minimum atomic E-state index is -0.0196. The van der Waals surface area contributed by atoms with Crippen LogP contribution in [0.1, 0.15) is 52.8 Å². The molecule has 1 aliphatic heterocycles. The molecule has 0 spiro atoms. The fraction of sp³-hybridized carbons (Fsp3) is 0.241. The van der Waals surface area contributed by atoms with E-state index >= 15 is 0 Å². The molecule has 0 aliphatic carbocycles. The number of nitrogens with zero attached hydrogens (tertiary/aromatic N) is 3. The van der Waals surface area contributed by atoms with Crippen molar-refractivity contribution in [1.82, 2.24) is 19.8 Å². The first-order chi connectivity index (χ1) is 16.6. The number of nitrogens with one attached hydrogen (secondary N) is 1. The highest BCUT2D eigenvalue weighted by Crippen LogP contribution is 2.42. The van der Waals surface area contributed by atoms with Crippen LogP contribution in [-0.2, 0) is 13.0 Å². The number of pyridine rings is 1. The van der Waals surface area contributed by atoms with Crippen LogP contribution in [0.5, 0.6) is 0 Å². The molecule has 5 heteroatoms. The normalized spacial score (nSPS) is 17.7. The number of hydrogen-bond acceptors (Lipinski definition) is 2. The Hall–Kier alpha value is -3.44. The van der Waals surface area contributed by atoms with E-state index in [2.05, 4.69) is 102 Å². The largest absolute Gasteiger partial charge is 0.352 e. The number of rotatable bonds is 6. The third kappa shape index (κ3) is 4.12. The van der Waals surface area contributed by atoms with Gasteiger partial charge in [0.05, 0.1) is 17.8 Å². The van der Waals surface area contributed by atoms with Gasteiger partial charge in [-0.1, -0.05) is 55.5 Å². The molecule has 1 aliphatic rings. The van der Waals surface area contributed by atoms with Gasteiger partial charge in [0.1, 0.15) is 0 Å². The number of aryl methyl sites for hydroxylation is 2. The number of benzene rings is 2. The van der Waals surface area contributed by atoms with E-state index < -0.39 is 0 Å². The maximum atomic E-state index is 5.88. The first-order valence-electron chi connectivity index (χ1n) is 11.9. The van der Waals surface area contributed by atoms with Crippen molar-refractivity contribution in [3.63, 3.8) is 0 Å². The molecule has 2 unspecified atom stereocenters. The summed E-state index contributed by atoms with van der Waals surface area (Å²) >= 11 is 5.88. The molecule has 34 heavy (non-hydrogen) atoms. The Labute approximate surface area is 207 Å². The topological polar surface area (TPSA) is 33.1 Å². The molecule has 0 amide bonds. The molecular formula is C29H30N4S. The predicted octanol–water partition coefficient (Wildman–Crippen LogP) is 6.22. The van der Waals surface area contributed by atoms with Crippen LogP contribution in [0, 0.1) is 13.8 Å². The second-order valence-corrected chi connectivity index (χ2v) is 9.31. The standard InChI is InChI=1S/C29H30N4S/c1-4-22-13-15-24(16-14-22)33-20(2)18-25(21(33)3)28-27(26-12-8-9-17-30-26)31-29(34)32(28)19-23-10-6-5-7-11-23/h5-18,27-28H,4,19H2,1-3H3,(H,31,34). The molecule has 3 heterocycles. The Balaban J connectivity index is 1.60. The van der Waals surface area contributed by atoms with Crippen LogP contribution in [-0.4, -0.2) is 19.6 Å². The Kier molecular flexibility index (Phi) is 6.20. The average molecular weight is 467 g/mol. The fourth-order valence-electron chi connectivity index (χ4n) is 5.06. The summed E-state index contributed by atoms with van der Waals surface area (Å²) in [5.74, 6) is 0. The van der Waals surface area contributed by atoms with Gasteiger partial charge in [0.2, 0.25) is 0 Å². The average Bonchev–Trinajstić information content (AvgIpc) is 3.35. The zero-order valence-electron chi connectivity index (χ0n) is 19.9. The van der Waals surface area contributed by atoms with E-state index in [0.717, 1.165) is 23.8 Å². The van der Waals surface area contributed by atoms with E-state index in [1.165, 1.54) is 33.8 Å². The highest BCUT2D eigenvalue weighted by atomic mass is 32.1. The first kappa shape index (κ1) is 22.4. The molecule has 1 N–H and O–H groups in total. The summed E-state index contributed by atoms with van der Waals surface area (Å²) in [6.07, 6.45) is 2.90. The van der Waals surface area contributed by atoms with Crippen molar-refractivity contribution in [2.45, 2.75) is 45.8 Å². The Morgan fingerprint density at radius 3 is 2.32 bits per heavy atom. The minimum Gasteiger partial charge on any atom is -0.352 e. The quantitative estimate of drug-likeness (QED) is 0.342. The lowest BCUT2D eigenvalue weighted by molar-refractivity contribution is 0.310. The highest BCUT2D eigenvalue weighted by Gasteiger charge is 2.41. The number of aromatic nitrogens is 2. The molecule has 0 saturated carbocycles. The third-order valence-corrected chi connectivity index (χ3v) is 7.14. The summed E-state index contributed by atoms with van der Waals surface area (Å²) < 4.78 is 2.35. The molecule has 172 valence electrons. The third-order valence-electron chi connectivity index (χ3n) is 6.79. The van der Waals surface area contributed by atoms with Crippen molar-refractivity contribution >= 4 is 17.3 Å². The van der Waals surface area contributed by atoms with Gasteiger partial charge in [-0.25, -0.2) is 0 Å². The zero-order valence-corrected chi connectivity index (χ0v) is 20.7. The molecule has 2 aromatic heterocycles. The number of thiocarbonyl (C=S) groups is 1. The second kappa shape index (κ2) is 9.43. The first-order valence-corrected chi connectivity index (χ1v) is 12.3. The summed E-state index contributed by atoms with van der Waals surface area (Å²) in [6, 6.07) is 27.8. The van der Waals surface area contributed by atoms with E-state index in [1.807, 2.05) is 18.3 Å². The highest BCUT2D eigenvalue weighted by molar-refractivity contribution is 7.80. The van der Waals surface area contributed by atoms with E-state index in [9.17, 15) is 0 Å². The Morgan fingerprint density at radius 2 is 1.65 bits per heavy atom. The molecule has 1 fully saturated rings. The second-order valence-electron chi connectivity index (χ2n) is 8.92. The predicted molar refractivity (Wildman–Crippen MR) is 142 cm³/mol. The van der Waals surface area contributed by atoms with Crippen LogP contribution in [0.25, 0.3) is 5.69 Å². The van der Waals surface area contributed by atoms with Crippen LogP contribution >= 0.6 is 12.2 Å². The lowest BCUT2D eigenvalue weighted by Gasteiger charge is -2.28. The van der Waals surface area contributed by atoms with Gasteiger partial charge in [0, 0.05) is 29.8 Å². The lowest BCUT2D eigenvalue weighted by atomic mass is 9.96. The number of hydrogen-bond donors (Lipinski definition) is 1. The molecule has 0 bridgehead atoms. The van der Waals surface area contributed by atoms with Crippen molar-refractivity contribution in [1.29, 1.82) is 0 Å². The van der Waals surface area contributed by atoms with Crippen LogP contribution in [0.2, 0.25) is 0 Å². The molecule has 4 nitrogen and oxygen atoms in total. The summed E-state index contributed by atoms with van der Waals surface area (Å²) in [7, 11) is 0. The smallest absolute Gasteiger partial charge is 0.170 e. The molecular weight excluding hydrogens is 436 g/mol. The lowest BCUT2D eigenvalue weighted by Crippen LogP contribution is -2.29. The van der Waals surface area contributed by atoms with E-state index in [4.69, 9.17) is 17.2 Å². The van der Waals surface area contributed by atoms with Crippen LogP contribution in [0.15, 0.2) is 85.1 Å². The van der Waals surface area contributed by atoms with Crippen molar-refractivity contribution in [2.75, 3.05) is 0 Å².